The average Bonchev–Trinajstić information content (AvgIpc) is 2.75. The van der Waals surface area contributed by atoms with Crippen molar-refractivity contribution in [3.8, 4) is 0 Å². The maximum atomic E-state index is 4.50. The number of rotatable bonds is 5. The molecule has 0 bridgehead atoms. The molecule has 1 aromatic heterocycles. The van der Waals surface area contributed by atoms with E-state index in [1.807, 2.05) is 13.2 Å². The van der Waals surface area contributed by atoms with Gasteiger partial charge in [-0.25, -0.2) is 0 Å². The van der Waals surface area contributed by atoms with Gasteiger partial charge in [-0.3, -0.25) is 4.68 Å². The summed E-state index contributed by atoms with van der Waals surface area (Å²) in [5, 5.41) is 7.69. The molecule has 0 radical (unpaired) electrons. The first kappa shape index (κ1) is 12.8. The average molecular weight is 243 g/mol. The van der Waals surface area contributed by atoms with Crippen molar-refractivity contribution in [3.63, 3.8) is 0 Å². The van der Waals surface area contributed by atoms with Gasteiger partial charge in [0.05, 0.1) is 12.7 Å². The van der Waals surface area contributed by atoms with Gasteiger partial charge < -0.3 is 5.32 Å². The van der Waals surface area contributed by atoms with Crippen LogP contribution in [0, 0.1) is 6.92 Å². The van der Waals surface area contributed by atoms with Gasteiger partial charge in [0, 0.05) is 17.8 Å². The molecule has 0 aliphatic rings. The predicted octanol–water partition coefficient (Wildman–Crippen LogP) is 2.52. The molecule has 2 aromatic rings. The van der Waals surface area contributed by atoms with E-state index in [2.05, 4.69) is 53.2 Å². The van der Waals surface area contributed by atoms with Gasteiger partial charge in [-0.05, 0) is 26.0 Å². The third kappa shape index (κ3) is 2.79. The highest BCUT2D eigenvalue weighted by molar-refractivity contribution is 5.23. The van der Waals surface area contributed by atoms with Gasteiger partial charge in [-0.2, -0.15) is 5.10 Å². The number of hydrogen-bond acceptors (Lipinski definition) is 2. The van der Waals surface area contributed by atoms with Crippen molar-refractivity contribution in [2.75, 3.05) is 7.05 Å². The van der Waals surface area contributed by atoms with E-state index >= 15 is 0 Å². The smallest absolute Gasteiger partial charge is 0.0662 e. The molecule has 0 atom stereocenters. The van der Waals surface area contributed by atoms with E-state index in [1.165, 1.54) is 22.4 Å². The van der Waals surface area contributed by atoms with E-state index in [1.54, 1.807) is 0 Å². The molecule has 3 nitrogen and oxygen atoms in total. The van der Waals surface area contributed by atoms with E-state index < -0.39 is 0 Å². The Hall–Kier alpha value is -1.61. The lowest BCUT2D eigenvalue weighted by atomic mass is 10.1. The van der Waals surface area contributed by atoms with Crippen LogP contribution in [-0.4, -0.2) is 16.8 Å². The molecule has 0 unspecified atom stereocenters. The van der Waals surface area contributed by atoms with Gasteiger partial charge in [0.1, 0.15) is 0 Å². The first-order valence-electron chi connectivity index (χ1n) is 6.48. The van der Waals surface area contributed by atoms with Crippen molar-refractivity contribution < 1.29 is 0 Å². The van der Waals surface area contributed by atoms with E-state index in [0.29, 0.717) is 0 Å². The summed E-state index contributed by atoms with van der Waals surface area (Å²) in [7, 11) is 1.97. The molecule has 0 aliphatic carbocycles. The molecule has 1 N–H and O–H groups in total. The van der Waals surface area contributed by atoms with Gasteiger partial charge in [-0.15, -0.1) is 0 Å². The van der Waals surface area contributed by atoms with E-state index in [0.717, 1.165) is 19.5 Å². The molecular weight excluding hydrogens is 222 g/mol. The first-order valence-corrected chi connectivity index (χ1v) is 6.48. The van der Waals surface area contributed by atoms with Crippen molar-refractivity contribution in [2.45, 2.75) is 33.4 Å². The Kier molecular flexibility index (Phi) is 4.15. The molecule has 3 heteroatoms. The first-order chi connectivity index (χ1) is 8.74. The van der Waals surface area contributed by atoms with Crippen LogP contribution in [0.5, 0.6) is 0 Å². The molecule has 0 spiro atoms. The summed E-state index contributed by atoms with van der Waals surface area (Å²) in [5.74, 6) is 0. The minimum absolute atomic E-state index is 0.854. The normalized spacial score (nSPS) is 10.8. The summed E-state index contributed by atoms with van der Waals surface area (Å²) in [6.45, 7) is 6.03. The Balaban J connectivity index is 2.20. The van der Waals surface area contributed by atoms with E-state index in [9.17, 15) is 0 Å². The Labute approximate surface area is 109 Å². The largest absolute Gasteiger partial charge is 0.316 e. The second-order valence-corrected chi connectivity index (χ2v) is 4.64. The van der Waals surface area contributed by atoms with Crippen molar-refractivity contribution in [1.29, 1.82) is 0 Å². The molecule has 2 rings (SSSR count). The fourth-order valence-corrected chi connectivity index (χ4v) is 2.20. The van der Waals surface area contributed by atoms with Crippen LogP contribution >= 0.6 is 0 Å². The molecule has 0 saturated heterocycles. The van der Waals surface area contributed by atoms with Gasteiger partial charge in [0.15, 0.2) is 0 Å². The Morgan fingerprint density at radius 1 is 1.22 bits per heavy atom. The van der Waals surface area contributed by atoms with Crippen LogP contribution < -0.4 is 5.32 Å². The topological polar surface area (TPSA) is 29.9 Å². The van der Waals surface area contributed by atoms with Crippen LogP contribution in [0.3, 0.4) is 0 Å². The zero-order valence-electron chi connectivity index (χ0n) is 11.4. The van der Waals surface area contributed by atoms with Crippen LogP contribution in [0.2, 0.25) is 0 Å². The minimum Gasteiger partial charge on any atom is -0.316 e. The highest BCUT2D eigenvalue weighted by atomic mass is 15.3. The maximum Gasteiger partial charge on any atom is 0.0662 e. The van der Waals surface area contributed by atoms with Crippen LogP contribution in [0.4, 0.5) is 0 Å². The third-order valence-corrected chi connectivity index (χ3v) is 3.19. The van der Waals surface area contributed by atoms with Crippen molar-refractivity contribution in [3.05, 3.63) is 52.8 Å². The highest BCUT2D eigenvalue weighted by Gasteiger charge is 2.08. The fourth-order valence-electron chi connectivity index (χ4n) is 2.20. The zero-order chi connectivity index (χ0) is 13.0. The molecule has 0 fully saturated rings. The fraction of sp³-hybridized carbons (Fsp3) is 0.400. The van der Waals surface area contributed by atoms with Crippen molar-refractivity contribution in [1.82, 2.24) is 15.1 Å². The van der Waals surface area contributed by atoms with E-state index in [-0.39, 0.29) is 0 Å². The standard InChI is InChI=1S/C15H21N3/c1-4-15-14(9-16-3)10-17-18(15)11-13-7-5-12(2)6-8-13/h5-8,10,16H,4,9,11H2,1-3H3. The molecule has 0 saturated carbocycles. The highest BCUT2D eigenvalue weighted by Crippen LogP contribution is 2.12. The summed E-state index contributed by atoms with van der Waals surface area (Å²) in [6.07, 6.45) is 2.99. The quantitative estimate of drug-likeness (QED) is 0.874. The number of hydrogen-bond donors (Lipinski definition) is 1. The number of aromatic nitrogens is 2. The molecule has 1 aromatic carbocycles. The monoisotopic (exact) mass is 243 g/mol. The molecule has 0 amide bonds. The number of benzene rings is 1. The van der Waals surface area contributed by atoms with Crippen LogP contribution in [0.1, 0.15) is 29.3 Å². The number of aryl methyl sites for hydroxylation is 1. The van der Waals surface area contributed by atoms with Crippen LogP contribution in [-0.2, 0) is 19.5 Å². The summed E-state index contributed by atoms with van der Waals surface area (Å²) in [6, 6.07) is 8.65. The second-order valence-electron chi connectivity index (χ2n) is 4.64. The summed E-state index contributed by atoms with van der Waals surface area (Å²) >= 11 is 0. The Morgan fingerprint density at radius 3 is 2.56 bits per heavy atom. The second kappa shape index (κ2) is 5.83. The molecule has 96 valence electrons. The van der Waals surface area contributed by atoms with Gasteiger partial charge >= 0.3 is 0 Å². The molecule has 18 heavy (non-hydrogen) atoms. The van der Waals surface area contributed by atoms with Gasteiger partial charge in [-0.1, -0.05) is 36.8 Å². The summed E-state index contributed by atoms with van der Waals surface area (Å²) in [4.78, 5) is 0. The lowest BCUT2D eigenvalue weighted by Crippen LogP contribution is -2.10. The maximum absolute atomic E-state index is 4.50. The van der Waals surface area contributed by atoms with Crippen molar-refractivity contribution in [2.24, 2.45) is 0 Å². The predicted molar refractivity (Wildman–Crippen MR) is 74.6 cm³/mol. The third-order valence-electron chi connectivity index (χ3n) is 3.19. The SMILES string of the molecule is CCc1c(CNC)cnn1Cc1ccc(C)cc1. The lowest BCUT2D eigenvalue weighted by Gasteiger charge is -2.08. The molecule has 0 aliphatic heterocycles. The van der Waals surface area contributed by atoms with Crippen LogP contribution in [0.15, 0.2) is 30.5 Å². The number of nitrogens with zero attached hydrogens (tertiary/aromatic N) is 2. The lowest BCUT2D eigenvalue weighted by molar-refractivity contribution is 0.645. The molecular formula is C15H21N3. The summed E-state index contributed by atoms with van der Waals surface area (Å²) in [5.41, 5.74) is 5.22. The Bertz CT molecular complexity index is 497. The minimum atomic E-state index is 0.854. The van der Waals surface area contributed by atoms with Gasteiger partial charge in [0.25, 0.3) is 0 Å². The van der Waals surface area contributed by atoms with Crippen LogP contribution in [0.25, 0.3) is 0 Å². The van der Waals surface area contributed by atoms with Crippen molar-refractivity contribution >= 4 is 0 Å². The number of nitrogens with one attached hydrogen (secondary N) is 1. The van der Waals surface area contributed by atoms with Gasteiger partial charge in [0.2, 0.25) is 0 Å². The molecule has 1 heterocycles. The zero-order valence-corrected chi connectivity index (χ0v) is 11.4. The summed E-state index contributed by atoms with van der Waals surface area (Å²) < 4.78 is 2.11. The van der Waals surface area contributed by atoms with E-state index in [4.69, 9.17) is 0 Å². The Morgan fingerprint density at radius 2 is 1.94 bits per heavy atom.